The number of ketones is 1. The Balaban J connectivity index is 1.98. The molecule has 1 aromatic carbocycles. The van der Waals surface area contributed by atoms with E-state index in [1.807, 2.05) is 0 Å². The normalized spacial score (nSPS) is 11.5. The van der Waals surface area contributed by atoms with Crippen molar-refractivity contribution >= 4 is 34.9 Å². The molecule has 0 aliphatic heterocycles. The van der Waals surface area contributed by atoms with Gasteiger partial charge in [-0.2, -0.15) is 5.10 Å². The molecule has 0 saturated carbocycles. The standard InChI is InChI=1S/C19H22N4O5/c1-10-16(11(2)23(5)22-10)17(25)19(27)28-12(3)18(26)21-15-8-6-14(7-9-15)20-13(4)24/h6-9,12H,1-5H3,(H,20,24)(H,21,26). The van der Waals surface area contributed by atoms with Gasteiger partial charge in [-0.25, -0.2) is 4.79 Å². The number of carbonyl (C=O) groups excluding carboxylic acids is 4. The lowest BCUT2D eigenvalue weighted by molar-refractivity contribution is -0.148. The molecule has 2 amide bonds. The van der Waals surface area contributed by atoms with Crippen LogP contribution in [0.2, 0.25) is 0 Å². The predicted octanol–water partition coefficient (Wildman–Crippen LogP) is 1.75. The Labute approximate surface area is 162 Å². The number of aryl methyl sites for hydroxylation is 2. The van der Waals surface area contributed by atoms with E-state index >= 15 is 0 Å². The molecule has 0 aliphatic carbocycles. The van der Waals surface area contributed by atoms with Crippen LogP contribution in [0.1, 0.15) is 35.6 Å². The summed E-state index contributed by atoms with van der Waals surface area (Å²) in [5, 5.41) is 9.28. The van der Waals surface area contributed by atoms with Crippen molar-refractivity contribution in [1.82, 2.24) is 9.78 Å². The maximum absolute atomic E-state index is 12.3. The number of hydrogen-bond acceptors (Lipinski definition) is 6. The molecular formula is C19H22N4O5. The van der Waals surface area contributed by atoms with Crippen LogP contribution in [0.15, 0.2) is 24.3 Å². The van der Waals surface area contributed by atoms with E-state index in [4.69, 9.17) is 4.74 Å². The van der Waals surface area contributed by atoms with E-state index in [0.29, 0.717) is 22.8 Å². The molecule has 1 unspecified atom stereocenters. The Morgan fingerprint density at radius 1 is 1.04 bits per heavy atom. The number of nitrogens with one attached hydrogen (secondary N) is 2. The van der Waals surface area contributed by atoms with Crippen LogP contribution in [0.25, 0.3) is 0 Å². The fourth-order valence-corrected chi connectivity index (χ4v) is 2.56. The van der Waals surface area contributed by atoms with Crippen molar-refractivity contribution in [2.75, 3.05) is 10.6 Å². The van der Waals surface area contributed by atoms with Crippen molar-refractivity contribution in [2.24, 2.45) is 7.05 Å². The number of aromatic nitrogens is 2. The lowest BCUT2D eigenvalue weighted by atomic mass is 10.1. The molecule has 0 spiro atoms. The van der Waals surface area contributed by atoms with E-state index in [0.717, 1.165) is 0 Å². The topological polar surface area (TPSA) is 119 Å². The van der Waals surface area contributed by atoms with Crippen LogP contribution in [0.4, 0.5) is 11.4 Å². The third kappa shape index (κ3) is 4.81. The van der Waals surface area contributed by atoms with Crippen molar-refractivity contribution in [2.45, 2.75) is 33.8 Å². The summed E-state index contributed by atoms with van der Waals surface area (Å²) in [5.41, 5.74) is 2.16. The van der Waals surface area contributed by atoms with Crippen LogP contribution in [-0.4, -0.2) is 39.5 Å². The first-order valence-corrected chi connectivity index (χ1v) is 8.54. The Kier molecular flexibility index (Phi) is 6.29. The minimum Gasteiger partial charge on any atom is -0.447 e. The highest BCUT2D eigenvalue weighted by Crippen LogP contribution is 2.16. The minimum atomic E-state index is -1.18. The van der Waals surface area contributed by atoms with Crippen molar-refractivity contribution < 1.29 is 23.9 Å². The van der Waals surface area contributed by atoms with E-state index in [9.17, 15) is 19.2 Å². The molecule has 1 atom stereocenters. The third-order valence-corrected chi connectivity index (χ3v) is 4.05. The second-order valence-electron chi connectivity index (χ2n) is 6.29. The molecule has 0 bridgehead atoms. The summed E-state index contributed by atoms with van der Waals surface area (Å²) in [5.74, 6) is -2.76. The molecule has 2 N–H and O–H groups in total. The maximum Gasteiger partial charge on any atom is 0.380 e. The summed E-state index contributed by atoms with van der Waals surface area (Å²) < 4.78 is 6.50. The molecule has 1 aromatic heterocycles. The van der Waals surface area contributed by atoms with Gasteiger partial charge in [0.2, 0.25) is 5.91 Å². The monoisotopic (exact) mass is 386 g/mol. The SMILES string of the molecule is CC(=O)Nc1ccc(NC(=O)C(C)OC(=O)C(=O)c2c(C)nn(C)c2C)cc1. The average Bonchev–Trinajstić information content (AvgIpc) is 2.87. The zero-order valence-corrected chi connectivity index (χ0v) is 16.3. The summed E-state index contributed by atoms with van der Waals surface area (Å²) in [6, 6.07) is 6.41. The molecule has 0 saturated heterocycles. The van der Waals surface area contributed by atoms with Gasteiger partial charge in [0.1, 0.15) is 0 Å². The van der Waals surface area contributed by atoms with Crippen molar-refractivity contribution in [1.29, 1.82) is 0 Å². The lowest BCUT2D eigenvalue weighted by Crippen LogP contribution is -2.32. The van der Waals surface area contributed by atoms with Crippen LogP contribution >= 0.6 is 0 Å². The molecule has 0 aliphatic rings. The Morgan fingerprint density at radius 3 is 2.04 bits per heavy atom. The van der Waals surface area contributed by atoms with E-state index in [2.05, 4.69) is 15.7 Å². The zero-order chi connectivity index (χ0) is 21.0. The number of rotatable bonds is 6. The van der Waals surface area contributed by atoms with Gasteiger partial charge in [-0.3, -0.25) is 19.1 Å². The zero-order valence-electron chi connectivity index (χ0n) is 16.3. The van der Waals surface area contributed by atoms with Gasteiger partial charge in [-0.05, 0) is 45.0 Å². The number of amides is 2. The number of ether oxygens (including phenoxy) is 1. The number of hydrogen-bond donors (Lipinski definition) is 2. The van der Waals surface area contributed by atoms with E-state index in [1.165, 1.54) is 18.5 Å². The Hall–Kier alpha value is -3.49. The van der Waals surface area contributed by atoms with Gasteiger partial charge < -0.3 is 15.4 Å². The van der Waals surface area contributed by atoms with E-state index in [-0.39, 0.29) is 11.5 Å². The molecule has 2 aromatic rings. The average molecular weight is 386 g/mol. The Morgan fingerprint density at radius 2 is 1.57 bits per heavy atom. The van der Waals surface area contributed by atoms with Crippen LogP contribution in [0.3, 0.4) is 0 Å². The molecule has 0 radical (unpaired) electrons. The van der Waals surface area contributed by atoms with Gasteiger partial charge in [-0.1, -0.05) is 0 Å². The van der Waals surface area contributed by atoms with Gasteiger partial charge in [0.25, 0.3) is 11.7 Å². The van der Waals surface area contributed by atoms with Crippen LogP contribution in [0, 0.1) is 13.8 Å². The molecule has 1 heterocycles. The summed E-state index contributed by atoms with van der Waals surface area (Å²) in [6.45, 7) is 6.05. The fourth-order valence-electron chi connectivity index (χ4n) is 2.56. The minimum absolute atomic E-state index is 0.175. The summed E-state index contributed by atoms with van der Waals surface area (Å²) in [6.07, 6.45) is -1.18. The second kappa shape index (κ2) is 8.47. The smallest absolute Gasteiger partial charge is 0.380 e. The first kappa shape index (κ1) is 20.8. The predicted molar refractivity (Wildman–Crippen MR) is 102 cm³/mol. The van der Waals surface area contributed by atoms with E-state index in [1.54, 1.807) is 45.2 Å². The van der Waals surface area contributed by atoms with Gasteiger partial charge in [0.05, 0.1) is 11.3 Å². The highest BCUT2D eigenvalue weighted by molar-refractivity contribution is 6.41. The maximum atomic E-state index is 12.3. The number of anilines is 2. The molecule has 148 valence electrons. The summed E-state index contributed by atoms with van der Waals surface area (Å²) in [7, 11) is 1.66. The molecular weight excluding hydrogens is 364 g/mol. The van der Waals surface area contributed by atoms with Crippen LogP contribution in [-0.2, 0) is 26.2 Å². The second-order valence-corrected chi connectivity index (χ2v) is 6.29. The van der Waals surface area contributed by atoms with Gasteiger partial charge >= 0.3 is 5.97 Å². The largest absolute Gasteiger partial charge is 0.447 e. The molecule has 9 heteroatoms. The van der Waals surface area contributed by atoms with Crippen molar-refractivity contribution in [3.63, 3.8) is 0 Å². The Bertz CT molecular complexity index is 931. The molecule has 2 rings (SSSR count). The quantitative estimate of drug-likeness (QED) is 0.443. The summed E-state index contributed by atoms with van der Waals surface area (Å²) >= 11 is 0. The van der Waals surface area contributed by atoms with Gasteiger partial charge in [0, 0.05) is 31.0 Å². The summed E-state index contributed by atoms with van der Waals surface area (Å²) in [4.78, 5) is 47.7. The first-order valence-electron chi connectivity index (χ1n) is 8.54. The van der Waals surface area contributed by atoms with Gasteiger partial charge in [0.15, 0.2) is 6.10 Å². The third-order valence-electron chi connectivity index (χ3n) is 4.05. The molecule has 28 heavy (non-hydrogen) atoms. The van der Waals surface area contributed by atoms with Crippen molar-refractivity contribution in [3.05, 3.63) is 41.2 Å². The van der Waals surface area contributed by atoms with Crippen LogP contribution in [0.5, 0.6) is 0 Å². The highest BCUT2D eigenvalue weighted by Gasteiger charge is 2.28. The number of carbonyl (C=O) groups is 4. The first-order chi connectivity index (χ1) is 13.1. The number of Topliss-reactive ketones (excluding diaryl/α,β-unsaturated/α-hetero) is 1. The molecule has 0 fully saturated rings. The van der Waals surface area contributed by atoms with Gasteiger partial charge in [-0.15, -0.1) is 0 Å². The fraction of sp³-hybridized carbons (Fsp3) is 0.316. The molecule has 9 nitrogen and oxygen atoms in total. The van der Waals surface area contributed by atoms with Crippen molar-refractivity contribution in [3.8, 4) is 0 Å². The number of benzene rings is 1. The number of nitrogens with zero attached hydrogens (tertiary/aromatic N) is 2. The number of esters is 1. The van der Waals surface area contributed by atoms with E-state index < -0.39 is 23.8 Å². The lowest BCUT2D eigenvalue weighted by Gasteiger charge is -2.13. The van der Waals surface area contributed by atoms with Crippen LogP contribution < -0.4 is 10.6 Å². The highest BCUT2D eigenvalue weighted by atomic mass is 16.6.